The van der Waals surface area contributed by atoms with E-state index >= 15 is 0 Å². The van der Waals surface area contributed by atoms with Crippen molar-refractivity contribution in [1.82, 2.24) is 14.9 Å². The molecule has 4 aromatic rings. The number of aromatic nitrogens is 2. The SMILES string of the molecule is CN(C(=O)c1cc2cc(F)ccc2[nH]1)C1COCc2[nH]c(=O)c3cc(F)c(F)cc3c21. The van der Waals surface area contributed by atoms with E-state index in [9.17, 15) is 22.8 Å². The molecule has 158 valence electrons. The smallest absolute Gasteiger partial charge is 0.270 e. The Morgan fingerprint density at radius 3 is 2.58 bits per heavy atom. The van der Waals surface area contributed by atoms with Crippen LogP contribution < -0.4 is 5.56 Å². The highest BCUT2D eigenvalue weighted by Gasteiger charge is 2.32. The molecule has 2 aromatic carbocycles. The third-order valence-corrected chi connectivity index (χ3v) is 5.64. The zero-order valence-corrected chi connectivity index (χ0v) is 16.3. The van der Waals surface area contributed by atoms with Gasteiger partial charge in [-0.25, -0.2) is 13.2 Å². The summed E-state index contributed by atoms with van der Waals surface area (Å²) in [6, 6.07) is 6.85. The normalized spacial score (nSPS) is 15.9. The molecule has 0 bridgehead atoms. The molecule has 0 fully saturated rings. The largest absolute Gasteiger partial charge is 0.373 e. The molecule has 0 saturated carbocycles. The van der Waals surface area contributed by atoms with Crippen LogP contribution in [0.25, 0.3) is 21.7 Å². The molecular weight excluding hydrogens is 411 g/mol. The zero-order valence-electron chi connectivity index (χ0n) is 16.3. The van der Waals surface area contributed by atoms with E-state index in [0.29, 0.717) is 22.2 Å². The van der Waals surface area contributed by atoms with Crippen molar-refractivity contribution in [3.05, 3.63) is 81.2 Å². The fourth-order valence-corrected chi connectivity index (χ4v) is 4.10. The van der Waals surface area contributed by atoms with Crippen LogP contribution in [0, 0.1) is 17.5 Å². The molecule has 9 heteroatoms. The predicted molar refractivity (Wildman–Crippen MR) is 107 cm³/mol. The van der Waals surface area contributed by atoms with Gasteiger partial charge in [0.25, 0.3) is 11.5 Å². The molecule has 1 amide bonds. The highest BCUT2D eigenvalue weighted by atomic mass is 19.2. The van der Waals surface area contributed by atoms with Gasteiger partial charge < -0.3 is 19.6 Å². The van der Waals surface area contributed by atoms with Crippen LogP contribution in [-0.4, -0.2) is 34.4 Å². The zero-order chi connectivity index (χ0) is 21.9. The molecule has 0 aliphatic carbocycles. The number of carbonyl (C=O) groups is 1. The lowest BCUT2D eigenvalue weighted by Gasteiger charge is -2.33. The molecule has 1 unspecified atom stereocenters. The Kier molecular flexibility index (Phi) is 4.37. The van der Waals surface area contributed by atoms with Gasteiger partial charge in [-0.05, 0) is 41.8 Å². The molecule has 1 atom stereocenters. The molecule has 0 spiro atoms. The van der Waals surface area contributed by atoms with Crippen LogP contribution in [0.5, 0.6) is 0 Å². The van der Waals surface area contributed by atoms with Gasteiger partial charge in [0.15, 0.2) is 11.6 Å². The fourth-order valence-electron chi connectivity index (χ4n) is 4.10. The molecule has 2 aromatic heterocycles. The minimum absolute atomic E-state index is 0.00788. The number of halogens is 3. The number of amides is 1. The first kappa shape index (κ1) is 19.4. The van der Waals surface area contributed by atoms with Gasteiger partial charge in [0.1, 0.15) is 11.5 Å². The van der Waals surface area contributed by atoms with Gasteiger partial charge in [-0.2, -0.15) is 0 Å². The number of carbonyl (C=O) groups excluding carboxylic acids is 1. The van der Waals surface area contributed by atoms with Crippen LogP contribution in [0.2, 0.25) is 0 Å². The molecule has 3 heterocycles. The summed E-state index contributed by atoms with van der Waals surface area (Å²) < 4.78 is 46.8. The molecule has 0 saturated heterocycles. The third-order valence-electron chi connectivity index (χ3n) is 5.64. The fraction of sp³-hybridized carbons (Fsp3) is 0.182. The van der Waals surface area contributed by atoms with Crippen LogP contribution in [0.3, 0.4) is 0 Å². The van der Waals surface area contributed by atoms with Crippen molar-refractivity contribution < 1.29 is 22.7 Å². The van der Waals surface area contributed by atoms with E-state index < -0.39 is 35.0 Å². The van der Waals surface area contributed by atoms with Gasteiger partial charge in [-0.1, -0.05) is 0 Å². The Labute approximate surface area is 173 Å². The molecule has 1 aliphatic rings. The number of nitrogens with zero attached hydrogens (tertiary/aromatic N) is 1. The highest BCUT2D eigenvalue weighted by molar-refractivity contribution is 5.98. The highest BCUT2D eigenvalue weighted by Crippen LogP contribution is 2.34. The Morgan fingerprint density at radius 1 is 1.06 bits per heavy atom. The number of ether oxygens (including phenoxy) is 1. The average Bonchev–Trinajstić information content (AvgIpc) is 3.17. The van der Waals surface area contributed by atoms with Crippen molar-refractivity contribution in [3.63, 3.8) is 0 Å². The summed E-state index contributed by atoms with van der Waals surface area (Å²) in [7, 11) is 1.55. The maximum absolute atomic E-state index is 14.0. The number of H-pyrrole nitrogens is 2. The Hall–Kier alpha value is -3.59. The maximum atomic E-state index is 14.0. The number of aromatic amines is 2. The van der Waals surface area contributed by atoms with E-state index in [2.05, 4.69) is 9.97 Å². The lowest BCUT2D eigenvalue weighted by molar-refractivity contribution is 0.0333. The van der Waals surface area contributed by atoms with E-state index in [1.54, 1.807) is 13.1 Å². The first-order chi connectivity index (χ1) is 14.8. The lowest BCUT2D eigenvalue weighted by atomic mass is 9.95. The first-order valence-electron chi connectivity index (χ1n) is 9.50. The van der Waals surface area contributed by atoms with Crippen molar-refractivity contribution in [2.24, 2.45) is 0 Å². The van der Waals surface area contributed by atoms with Crippen molar-refractivity contribution in [3.8, 4) is 0 Å². The van der Waals surface area contributed by atoms with Crippen LogP contribution in [0.15, 0.2) is 41.2 Å². The Balaban J connectivity index is 1.61. The Bertz CT molecular complexity index is 1430. The lowest BCUT2D eigenvalue weighted by Crippen LogP contribution is -2.37. The average molecular weight is 427 g/mol. The van der Waals surface area contributed by atoms with E-state index in [-0.39, 0.29) is 29.7 Å². The van der Waals surface area contributed by atoms with E-state index in [0.717, 1.165) is 12.1 Å². The minimum Gasteiger partial charge on any atom is -0.373 e. The van der Waals surface area contributed by atoms with Gasteiger partial charge in [0, 0.05) is 29.2 Å². The molecule has 2 N–H and O–H groups in total. The number of likely N-dealkylation sites (N-methyl/N-ethyl adjacent to an activating group) is 1. The summed E-state index contributed by atoms with van der Waals surface area (Å²) in [4.78, 5) is 32.5. The number of nitrogens with one attached hydrogen (secondary N) is 2. The second-order valence-electron chi connectivity index (χ2n) is 7.52. The minimum atomic E-state index is -1.13. The standard InChI is InChI=1S/C22H16F3N3O3/c1-28(22(30)17-5-10-4-11(23)2-3-16(10)26-17)19-9-31-8-18-20(19)12-6-14(24)15(25)7-13(12)21(29)27-18/h2-7,19,26H,8-9H2,1H3,(H,27,29). The first-order valence-corrected chi connectivity index (χ1v) is 9.50. The van der Waals surface area contributed by atoms with Crippen LogP contribution >= 0.6 is 0 Å². The summed E-state index contributed by atoms with van der Waals surface area (Å²) in [5, 5.41) is 0.764. The maximum Gasteiger partial charge on any atom is 0.270 e. The van der Waals surface area contributed by atoms with Crippen LogP contribution in [0.1, 0.15) is 27.8 Å². The summed E-state index contributed by atoms with van der Waals surface area (Å²) in [5.41, 5.74) is 1.17. The number of rotatable bonds is 2. The van der Waals surface area contributed by atoms with Crippen molar-refractivity contribution in [2.75, 3.05) is 13.7 Å². The number of hydrogen-bond donors (Lipinski definition) is 2. The summed E-state index contributed by atoms with van der Waals surface area (Å²) >= 11 is 0. The summed E-state index contributed by atoms with van der Waals surface area (Å²) in [6.45, 7) is 0.175. The van der Waals surface area contributed by atoms with E-state index in [1.165, 1.54) is 23.1 Å². The molecule has 6 nitrogen and oxygen atoms in total. The molecule has 5 rings (SSSR count). The van der Waals surface area contributed by atoms with Gasteiger partial charge in [0.2, 0.25) is 0 Å². The van der Waals surface area contributed by atoms with Crippen molar-refractivity contribution in [2.45, 2.75) is 12.6 Å². The van der Waals surface area contributed by atoms with Crippen LogP contribution in [0.4, 0.5) is 13.2 Å². The van der Waals surface area contributed by atoms with Gasteiger partial charge in [-0.15, -0.1) is 0 Å². The quantitative estimate of drug-likeness (QED) is 0.511. The summed E-state index contributed by atoms with van der Waals surface area (Å²) in [6.07, 6.45) is 0. The summed E-state index contributed by atoms with van der Waals surface area (Å²) in [5.74, 6) is -3.04. The van der Waals surface area contributed by atoms with Gasteiger partial charge >= 0.3 is 0 Å². The second kappa shape index (κ2) is 6.98. The number of hydrogen-bond acceptors (Lipinski definition) is 3. The topological polar surface area (TPSA) is 78.2 Å². The number of pyridine rings is 1. The van der Waals surface area contributed by atoms with Crippen molar-refractivity contribution >= 4 is 27.6 Å². The predicted octanol–water partition coefficient (Wildman–Crippen LogP) is 3.77. The molecular formula is C22H16F3N3O3. The third kappa shape index (κ3) is 3.09. The molecule has 31 heavy (non-hydrogen) atoms. The van der Waals surface area contributed by atoms with E-state index in [4.69, 9.17) is 4.74 Å². The second-order valence-corrected chi connectivity index (χ2v) is 7.52. The number of benzene rings is 2. The monoisotopic (exact) mass is 427 g/mol. The van der Waals surface area contributed by atoms with Gasteiger partial charge in [0.05, 0.1) is 24.6 Å². The Morgan fingerprint density at radius 2 is 1.81 bits per heavy atom. The van der Waals surface area contributed by atoms with Gasteiger partial charge in [-0.3, -0.25) is 9.59 Å². The van der Waals surface area contributed by atoms with E-state index in [1.807, 2.05) is 0 Å². The molecule has 0 radical (unpaired) electrons. The van der Waals surface area contributed by atoms with Crippen molar-refractivity contribution in [1.29, 1.82) is 0 Å². The molecule has 1 aliphatic heterocycles. The van der Waals surface area contributed by atoms with Crippen LogP contribution in [-0.2, 0) is 11.3 Å². The number of fused-ring (bicyclic) bond motifs is 4.